The first kappa shape index (κ1) is 15.9. The molecule has 1 saturated heterocycles. The Hall–Kier alpha value is -1.65. The lowest BCUT2D eigenvalue weighted by Crippen LogP contribution is -2.29. The molecule has 0 spiro atoms. The number of imidazole rings is 1. The van der Waals surface area contributed by atoms with Gasteiger partial charge in [-0.05, 0) is 23.0 Å². The lowest BCUT2D eigenvalue weighted by atomic mass is 10.1. The van der Waals surface area contributed by atoms with Crippen molar-refractivity contribution >= 4 is 34.1 Å². The van der Waals surface area contributed by atoms with Crippen LogP contribution < -0.4 is 0 Å². The van der Waals surface area contributed by atoms with Gasteiger partial charge in [-0.25, -0.2) is 14.4 Å². The van der Waals surface area contributed by atoms with Crippen molar-refractivity contribution in [3.05, 3.63) is 29.1 Å². The molecule has 4 heterocycles. The van der Waals surface area contributed by atoms with Crippen LogP contribution in [-0.2, 0) is 4.74 Å². The summed E-state index contributed by atoms with van der Waals surface area (Å²) in [6, 6.07) is 3.75. The van der Waals surface area contributed by atoms with Crippen LogP contribution in [0.1, 0.15) is 6.23 Å². The van der Waals surface area contributed by atoms with Crippen molar-refractivity contribution in [2.75, 3.05) is 6.61 Å². The van der Waals surface area contributed by atoms with E-state index in [1.807, 2.05) is 17.5 Å². The lowest BCUT2D eigenvalue weighted by molar-refractivity contribution is -0.0495. The first-order valence-corrected chi connectivity index (χ1v) is 8.38. The molecule has 126 valence electrons. The SMILES string of the molecule is OC[C@H]1O[C@@H](n2cnc3c(-c4cccs4)nc(Cl)nc32)[C@H](O)[C@@H]1F. The number of aliphatic hydroxyl groups excluding tert-OH is 2. The smallest absolute Gasteiger partial charge is 0.225 e. The molecular weight excluding hydrogens is 359 g/mol. The molecule has 0 saturated carbocycles. The highest BCUT2D eigenvalue weighted by molar-refractivity contribution is 7.13. The average Bonchev–Trinajstić information content (AvgIpc) is 3.28. The Morgan fingerprint density at radius 3 is 2.92 bits per heavy atom. The fourth-order valence-corrected chi connectivity index (χ4v) is 3.63. The summed E-state index contributed by atoms with van der Waals surface area (Å²) in [5, 5.41) is 21.1. The van der Waals surface area contributed by atoms with Crippen LogP contribution in [0.25, 0.3) is 21.7 Å². The van der Waals surface area contributed by atoms with Gasteiger partial charge in [0.15, 0.2) is 18.0 Å². The topological polar surface area (TPSA) is 93.3 Å². The summed E-state index contributed by atoms with van der Waals surface area (Å²) in [5.74, 6) is 0. The first-order valence-electron chi connectivity index (χ1n) is 7.12. The molecule has 1 aliphatic rings. The Morgan fingerprint density at radius 1 is 1.42 bits per heavy atom. The van der Waals surface area contributed by atoms with Crippen LogP contribution in [0.5, 0.6) is 0 Å². The second-order valence-electron chi connectivity index (χ2n) is 5.33. The van der Waals surface area contributed by atoms with Gasteiger partial charge in [0.2, 0.25) is 5.28 Å². The van der Waals surface area contributed by atoms with Gasteiger partial charge in [0.05, 0.1) is 17.8 Å². The van der Waals surface area contributed by atoms with Crippen molar-refractivity contribution < 1.29 is 19.3 Å². The molecule has 4 atom stereocenters. The Kier molecular flexibility index (Phi) is 3.97. The zero-order valence-electron chi connectivity index (χ0n) is 12.1. The summed E-state index contributed by atoms with van der Waals surface area (Å²) in [4.78, 5) is 13.5. The minimum atomic E-state index is -1.70. The number of alkyl halides is 1. The number of hydrogen-bond acceptors (Lipinski definition) is 7. The van der Waals surface area contributed by atoms with Crippen molar-refractivity contribution in [1.82, 2.24) is 19.5 Å². The van der Waals surface area contributed by atoms with Crippen molar-refractivity contribution in [3.63, 3.8) is 0 Å². The van der Waals surface area contributed by atoms with Gasteiger partial charge < -0.3 is 14.9 Å². The van der Waals surface area contributed by atoms with Gasteiger partial charge in [0, 0.05) is 0 Å². The van der Waals surface area contributed by atoms with E-state index in [2.05, 4.69) is 15.0 Å². The quantitative estimate of drug-likeness (QED) is 0.683. The maximum absolute atomic E-state index is 14.0. The van der Waals surface area contributed by atoms with E-state index >= 15 is 0 Å². The van der Waals surface area contributed by atoms with Crippen LogP contribution in [-0.4, -0.2) is 54.7 Å². The molecule has 0 radical (unpaired) electrons. The molecule has 7 nitrogen and oxygen atoms in total. The molecule has 1 fully saturated rings. The normalized spacial score (nSPS) is 27.2. The monoisotopic (exact) mass is 370 g/mol. The predicted molar refractivity (Wildman–Crippen MR) is 85.5 cm³/mol. The summed E-state index contributed by atoms with van der Waals surface area (Å²) < 4.78 is 20.8. The predicted octanol–water partition coefficient (Wildman–Crippen LogP) is 1.80. The summed E-state index contributed by atoms with van der Waals surface area (Å²) in [7, 11) is 0. The van der Waals surface area contributed by atoms with Crippen molar-refractivity contribution in [1.29, 1.82) is 0 Å². The summed E-state index contributed by atoms with van der Waals surface area (Å²) in [6.45, 7) is -0.530. The van der Waals surface area contributed by atoms with Crippen LogP contribution in [0.3, 0.4) is 0 Å². The number of rotatable bonds is 3. The van der Waals surface area contributed by atoms with Gasteiger partial charge in [0.1, 0.15) is 23.4 Å². The maximum atomic E-state index is 14.0. The molecule has 4 rings (SSSR count). The molecule has 0 aliphatic carbocycles. The fourth-order valence-electron chi connectivity index (χ4n) is 2.75. The highest BCUT2D eigenvalue weighted by Gasteiger charge is 2.45. The van der Waals surface area contributed by atoms with Gasteiger partial charge in [-0.15, -0.1) is 11.3 Å². The van der Waals surface area contributed by atoms with Gasteiger partial charge in [-0.1, -0.05) is 6.07 Å². The van der Waals surface area contributed by atoms with Crippen LogP contribution in [0.2, 0.25) is 5.28 Å². The second-order valence-corrected chi connectivity index (χ2v) is 6.61. The molecule has 0 bridgehead atoms. The molecule has 24 heavy (non-hydrogen) atoms. The zero-order valence-corrected chi connectivity index (χ0v) is 13.7. The number of halogens is 2. The van der Waals surface area contributed by atoms with E-state index in [0.29, 0.717) is 16.9 Å². The minimum absolute atomic E-state index is 0.00985. The van der Waals surface area contributed by atoms with E-state index < -0.39 is 31.2 Å². The van der Waals surface area contributed by atoms with Crippen molar-refractivity contribution in [2.24, 2.45) is 0 Å². The van der Waals surface area contributed by atoms with Crippen molar-refractivity contribution in [2.45, 2.75) is 24.6 Å². The number of fused-ring (bicyclic) bond motifs is 1. The first-order chi connectivity index (χ1) is 11.6. The molecule has 2 N–H and O–H groups in total. The number of aliphatic hydroxyl groups is 2. The third kappa shape index (κ3) is 2.40. The number of aromatic nitrogens is 4. The van der Waals surface area contributed by atoms with Gasteiger partial charge in [-0.2, -0.15) is 4.98 Å². The highest BCUT2D eigenvalue weighted by Crippen LogP contribution is 2.35. The fraction of sp³-hybridized carbons (Fsp3) is 0.357. The molecule has 0 aromatic carbocycles. The van der Waals surface area contributed by atoms with Gasteiger partial charge in [-0.3, -0.25) is 4.57 Å². The Bertz CT molecular complexity index is 874. The third-order valence-electron chi connectivity index (χ3n) is 3.89. The van der Waals surface area contributed by atoms with Crippen LogP contribution in [0, 0.1) is 0 Å². The summed E-state index contributed by atoms with van der Waals surface area (Å²) in [5.41, 5.74) is 1.36. The Morgan fingerprint density at radius 2 is 2.25 bits per heavy atom. The van der Waals surface area contributed by atoms with E-state index in [-0.39, 0.29) is 5.28 Å². The van der Waals surface area contributed by atoms with Crippen molar-refractivity contribution in [3.8, 4) is 10.6 Å². The van der Waals surface area contributed by atoms with Gasteiger partial charge in [0.25, 0.3) is 0 Å². The zero-order chi connectivity index (χ0) is 16.8. The lowest BCUT2D eigenvalue weighted by Gasteiger charge is -2.16. The van der Waals surface area contributed by atoms with E-state index in [9.17, 15) is 9.50 Å². The second kappa shape index (κ2) is 6.01. The number of hydrogen-bond donors (Lipinski definition) is 2. The van der Waals surface area contributed by atoms with E-state index in [4.69, 9.17) is 21.4 Å². The average molecular weight is 371 g/mol. The molecule has 10 heteroatoms. The molecule has 3 aromatic rings. The standard InChI is InChI=1S/C14H12ClFN4O3S/c15-14-18-9(7-2-1-3-24-7)10-12(19-14)20(5-17-10)13-11(22)8(16)6(4-21)23-13/h1-3,5-6,8,11,13,21-22H,4H2/t6-,8-,11-,13-/m1/s1. The molecule has 0 amide bonds. The number of thiophene rings is 1. The maximum Gasteiger partial charge on any atom is 0.225 e. The van der Waals surface area contributed by atoms with Crippen LogP contribution >= 0.6 is 22.9 Å². The molecule has 0 unspecified atom stereocenters. The van der Waals surface area contributed by atoms with E-state index in [1.54, 1.807) is 0 Å². The number of nitrogens with zero attached hydrogens (tertiary/aromatic N) is 4. The Labute approximate surface area is 144 Å². The summed E-state index contributed by atoms with van der Waals surface area (Å²) >= 11 is 7.50. The van der Waals surface area contributed by atoms with E-state index in [0.717, 1.165) is 4.88 Å². The van der Waals surface area contributed by atoms with E-state index in [1.165, 1.54) is 22.2 Å². The Balaban J connectivity index is 1.84. The number of ether oxygens (including phenoxy) is 1. The molecule has 1 aliphatic heterocycles. The van der Waals surface area contributed by atoms with Crippen LogP contribution in [0.4, 0.5) is 4.39 Å². The summed E-state index contributed by atoms with van der Waals surface area (Å²) in [6.07, 6.45) is -3.90. The third-order valence-corrected chi connectivity index (χ3v) is 4.94. The molecular formula is C14H12ClFN4O3S. The van der Waals surface area contributed by atoms with Gasteiger partial charge >= 0.3 is 0 Å². The largest absolute Gasteiger partial charge is 0.394 e. The molecule has 3 aromatic heterocycles. The minimum Gasteiger partial charge on any atom is -0.394 e. The van der Waals surface area contributed by atoms with Crippen LogP contribution in [0.15, 0.2) is 23.8 Å². The highest BCUT2D eigenvalue weighted by atomic mass is 35.5.